The average Bonchev–Trinajstić information content (AvgIpc) is 3.03. The van der Waals surface area contributed by atoms with E-state index in [0.717, 1.165) is 0 Å². The molecule has 9 nitrogen and oxygen atoms in total. The summed E-state index contributed by atoms with van der Waals surface area (Å²) < 4.78 is 15.3. The Morgan fingerprint density at radius 3 is 2.92 bits per heavy atom. The highest BCUT2D eigenvalue weighted by Crippen LogP contribution is 2.44. The first kappa shape index (κ1) is 17.2. The SMILES string of the molecule is COC(=O)Cc1[nH]nc2c1[C@H](c1ccc(O)c(OC)c1)C(C#N)=C(N)O2. The van der Waals surface area contributed by atoms with Crippen LogP contribution in [0.15, 0.2) is 29.7 Å². The third-order valence-corrected chi connectivity index (χ3v) is 4.10. The van der Waals surface area contributed by atoms with Gasteiger partial charge in [-0.15, -0.1) is 5.10 Å². The second kappa shape index (κ2) is 6.68. The van der Waals surface area contributed by atoms with Gasteiger partial charge in [0.1, 0.15) is 11.6 Å². The van der Waals surface area contributed by atoms with Gasteiger partial charge in [-0.3, -0.25) is 9.89 Å². The first-order chi connectivity index (χ1) is 12.5. The number of hydrogen-bond acceptors (Lipinski definition) is 8. The summed E-state index contributed by atoms with van der Waals surface area (Å²) in [6.07, 6.45) is -0.0769. The summed E-state index contributed by atoms with van der Waals surface area (Å²) in [5.74, 6) is -0.813. The summed E-state index contributed by atoms with van der Waals surface area (Å²) in [7, 11) is 2.70. The van der Waals surface area contributed by atoms with Crippen molar-refractivity contribution in [3.8, 4) is 23.4 Å². The van der Waals surface area contributed by atoms with Crippen LogP contribution >= 0.6 is 0 Å². The highest BCUT2D eigenvalue weighted by atomic mass is 16.5. The van der Waals surface area contributed by atoms with Crippen LogP contribution in [0.5, 0.6) is 17.4 Å². The van der Waals surface area contributed by atoms with Crippen molar-refractivity contribution >= 4 is 5.97 Å². The van der Waals surface area contributed by atoms with E-state index in [9.17, 15) is 15.2 Å². The molecule has 0 bridgehead atoms. The zero-order valence-corrected chi connectivity index (χ0v) is 14.1. The van der Waals surface area contributed by atoms with Crippen molar-refractivity contribution in [2.24, 2.45) is 5.73 Å². The van der Waals surface area contributed by atoms with Crippen molar-refractivity contribution in [2.75, 3.05) is 14.2 Å². The van der Waals surface area contributed by atoms with E-state index in [4.69, 9.17) is 19.9 Å². The van der Waals surface area contributed by atoms with E-state index in [-0.39, 0.29) is 35.3 Å². The second-order valence-corrected chi connectivity index (χ2v) is 5.53. The number of phenols is 1. The minimum Gasteiger partial charge on any atom is -0.504 e. The molecule has 0 spiro atoms. The maximum Gasteiger partial charge on any atom is 0.311 e. The molecule has 26 heavy (non-hydrogen) atoms. The minimum atomic E-state index is -0.642. The van der Waals surface area contributed by atoms with Crippen LogP contribution < -0.4 is 15.2 Å². The smallest absolute Gasteiger partial charge is 0.311 e. The van der Waals surface area contributed by atoms with Crippen LogP contribution in [-0.4, -0.2) is 35.5 Å². The Labute approximate surface area is 148 Å². The fourth-order valence-electron chi connectivity index (χ4n) is 2.87. The van der Waals surface area contributed by atoms with E-state index < -0.39 is 11.9 Å². The van der Waals surface area contributed by atoms with Gasteiger partial charge >= 0.3 is 5.97 Å². The fourth-order valence-corrected chi connectivity index (χ4v) is 2.87. The predicted octanol–water partition coefficient (Wildman–Crippen LogP) is 1.06. The number of fused-ring (bicyclic) bond motifs is 1. The zero-order valence-electron chi connectivity index (χ0n) is 14.1. The second-order valence-electron chi connectivity index (χ2n) is 5.53. The third kappa shape index (κ3) is 2.77. The van der Waals surface area contributed by atoms with Crippen molar-refractivity contribution in [3.63, 3.8) is 0 Å². The number of phenolic OH excluding ortho intramolecular Hbond substituents is 1. The lowest BCUT2D eigenvalue weighted by molar-refractivity contribution is -0.139. The molecule has 0 radical (unpaired) electrons. The summed E-state index contributed by atoms with van der Waals surface area (Å²) in [5, 5.41) is 26.2. The number of H-pyrrole nitrogens is 1. The van der Waals surface area contributed by atoms with Gasteiger partial charge in [0.2, 0.25) is 11.8 Å². The lowest BCUT2D eigenvalue weighted by Crippen LogP contribution is -2.22. The van der Waals surface area contributed by atoms with E-state index in [1.54, 1.807) is 12.1 Å². The molecule has 4 N–H and O–H groups in total. The molecule has 0 saturated carbocycles. The first-order valence-electron chi connectivity index (χ1n) is 7.58. The van der Waals surface area contributed by atoms with Gasteiger partial charge in [0.05, 0.1) is 37.8 Å². The summed E-state index contributed by atoms with van der Waals surface area (Å²) in [5.41, 5.74) is 7.62. The van der Waals surface area contributed by atoms with Gasteiger partial charge in [0.15, 0.2) is 11.5 Å². The average molecular weight is 356 g/mol. The van der Waals surface area contributed by atoms with Crippen LogP contribution in [0.4, 0.5) is 0 Å². The maximum absolute atomic E-state index is 11.7. The number of aromatic nitrogens is 2. The molecule has 0 aliphatic carbocycles. The molecule has 0 fully saturated rings. The molecule has 2 heterocycles. The Morgan fingerprint density at radius 1 is 1.50 bits per heavy atom. The van der Waals surface area contributed by atoms with Crippen molar-refractivity contribution in [1.82, 2.24) is 10.2 Å². The summed E-state index contributed by atoms with van der Waals surface area (Å²) in [6.45, 7) is 0. The van der Waals surface area contributed by atoms with Crippen molar-refractivity contribution in [2.45, 2.75) is 12.3 Å². The van der Waals surface area contributed by atoms with Crippen LogP contribution in [0, 0.1) is 11.3 Å². The number of carbonyl (C=O) groups excluding carboxylic acids is 1. The number of ether oxygens (including phenoxy) is 3. The van der Waals surface area contributed by atoms with E-state index in [1.165, 1.54) is 20.3 Å². The largest absolute Gasteiger partial charge is 0.504 e. The molecule has 1 atom stereocenters. The number of nitrogens with one attached hydrogen (secondary N) is 1. The van der Waals surface area contributed by atoms with Gasteiger partial charge in [0, 0.05) is 0 Å². The number of rotatable bonds is 4. The number of allylic oxidation sites excluding steroid dienone is 1. The van der Waals surface area contributed by atoms with Gasteiger partial charge in [0.25, 0.3) is 0 Å². The molecular formula is C17H16N4O5. The summed E-state index contributed by atoms with van der Waals surface area (Å²) in [4.78, 5) is 11.7. The highest BCUT2D eigenvalue weighted by Gasteiger charge is 2.36. The number of hydrogen-bond donors (Lipinski definition) is 3. The minimum absolute atomic E-state index is 0.0408. The lowest BCUT2D eigenvalue weighted by Gasteiger charge is -2.24. The molecule has 2 aromatic rings. The zero-order chi connectivity index (χ0) is 18.8. The number of benzene rings is 1. The Bertz CT molecular complexity index is 941. The topological polar surface area (TPSA) is 143 Å². The monoisotopic (exact) mass is 356 g/mol. The van der Waals surface area contributed by atoms with Gasteiger partial charge in [-0.25, -0.2) is 0 Å². The number of esters is 1. The fraction of sp³-hybridized carbons (Fsp3) is 0.235. The quantitative estimate of drug-likeness (QED) is 0.690. The van der Waals surface area contributed by atoms with Crippen LogP contribution in [-0.2, 0) is 16.0 Å². The number of methoxy groups -OCH3 is 2. The number of nitriles is 1. The number of nitrogens with zero attached hydrogens (tertiary/aromatic N) is 2. The summed E-state index contributed by atoms with van der Waals surface area (Å²) in [6, 6.07) is 6.73. The number of nitrogens with two attached hydrogens (primary N) is 1. The van der Waals surface area contributed by atoms with Gasteiger partial charge < -0.3 is 25.1 Å². The molecule has 1 aliphatic heterocycles. The molecule has 3 rings (SSSR count). The van der Waals surface area contributed by atoms with Crippen molar-refractivity contribution < 1.29 is 24.1 Å². The van der Waals surface area contributed by atoms with Gasteiger partial charge in [-0.1, -0.05) is 6.07 Å². The van der Waals surface area contributed by atoms with Gasteiger partial charge in [-0.05, 0) is 17.7 Å². The molecule has 0 saturated heterocycles. The number of aromatic hydroxyl groups is 1. The molecule has 134 valence electrons. The van der Waals surface area contributed by atoms with Crippen molar-refractivity contribution in [3.05, 3.63) is 46.5 Å². The molecular weight excluding hydrogens is 340 g/mol. The Kier molecular flexibility index (Phi) is 4.41. The van der Waals surface area contributed by atoms with Crippen LogP contribution in [0.25, 0.3) is 0 Å². The third-order valence-electron chi connectivity index (χ3n) is 4.10. The normalized spacial score (nSPS) is 15.7. The standard InChI is InChI=1S/C17H16N4O5/c1-24-12-5-8(3-4-11(12)22)14-9(7-18)16(19)26-17-15(14)10(20-21-17)6-13(23)25-2/h3-5,14,22H,6,19H2,1-2H3,(H,20,21)/t14-/m1/s1. The first-order valence-corrected chi connectivity index (χ1v) is 7.58. The lowest BCUT2D eigenvalue weighted by atomic mass is 9.83. The molecule has 0 amide bonds. The Hall–Kier alpha value is -3.67. The number of carbonyl (C=O) groups is 1. The highest BCUT2D eigenvalue weighted by molar-refractivity contribution is 5.73. The van der Waals surface area contributed by atoms with E-state index >= 15 is 0 Å². The molecule has 1 aromatic carbocycles. The van der Waals surface area contributed by atoms with Gasteiger partial charge in [-0.2, -0.15) is 5.26 Å². The molecule has 1 aliphatic rings. The molecule has 1 aromatic heterocycles. The van der Waals surface area contributed by atoms with E-state index in [1.807, 2.05) is 6.07 Å². The molecule has 0 unspecified atom stereocenters. The van der Waals surface area contributed by atoms with Crippen LogP contribution in [0.3, 0.4) is 0 Å². The van der Waals surface area contributed by atoms with E-state index in [0.29, 0.717) is 16.8 Å². The van der Waals surface area contributed by atoms with Crippen LogP contribution in [0.2, 0.25) is 0 Å². The van der Waals surface area contributed by atoms with Crippen LogP contribution in [0.1, 0.15) is 22.7 Å². The Balaban J connectivity index is 2.18. The summed E-state index contributed by atoms with van der Waals surface area (Å²) >= 11 is 0. The van der Waals surface area contributed by atoms with Crippen molar-refractivity contribution in [1.29, 1.82) is 5.26 Å². The number of aromatic amines is 1. The maximum atomic E-state index is 11.7. The van der Waals surface area contributed by atoms with E-state index in [2.05, 4.69) is 10.2 Å². The predicted molar refractivity (Wildman–Crippen MR) is 88.3 cm³/mol. The Morgan fingerprint density at radius 2 is 2.27 bits per heavy atom. The molecule has 9 heteroatoms.